The minimum Gasteiger partial charge on any atom is -0.878 e. The van der Waals surface area contributed by atoms with Gasteiger partial charge in [0.05, 0.1) is 0 Å². The summed E-state index contributed by atoms with van der Waals surface area (Å²) in [5.41, 5.74) is 0. The van der Waals surface area contributed by atoms with Crippen LogP contribution in [0.15, 0.2) is 4.99 Å². The molecule has 0 saturated carbocycles. The van der Waals surface area contributed by atoms with Crippen LogP contribution in [0.5, 0.6) is 0 Å². The van der Waals surface area contributed by atoms with Gasteiger partial charge in [0.25, 0.3) is 0 Å². The minimum absolute atomic E-state index is 0. The molecule has 8 heavy (non-hydrogen) atoms. The Morgan fingerprint density at radius 2 is 2.00 bits per heavy atom. The Labute approximate surface area is 97.2 Å². The van der Waals surface area contributed by atoms with Gasteiger partial charge in [0.15, 0.2) is 0 Å². The SMILES string of the molecule is N#CN=C([O-])[S-].[Na+].[Na+]. The molecule has 0 heterocycles. The number of hydrogen-bond donors (Lipinski definition) is 0. The molecule has 0 aromatic rings. The second kappa shape index (κ2) is 11.0. The van der Waals surface area contributed by atoms with E-state index in [0.29, 0.717) is 0 Å². The summed E-state index contributed by atoms with van der Waals surface area (Å²) in [6.45, 7) is 0. The summed E-state index contributed by atoms with van der Waals surface area (Å²) in [5, 5.41) is 16.1. The summed E-state index contributed by atoms with van der Waals surface area (Å²) in [5.74, 6) is 0. The molecule has 0 bridgehead atoms. The van der Waals surface area contributed by atoms with Gasteiger partial charge in [-0.3, -0.25) is 0 Å². The second-order valence-electron chi connectivity index (χ2n) is 0.478. The van der Waals surface area contributed by atoms with Crippen LogP contribution in [-0.2, 0) is 12.6 Å². The fourth-order valence-corrected chi connectivity index (χ4v) is 0.0816. The van der Waals surface area contributed by atoms with Gasteiger partial charge in [-0.25, -0.2) is 4.99 Å². The smallest absolute Gasteiger partial charge is 0.878 e. The number of aliphatic imine (C=N–C) groups is 1. The molecular formula is C2N2Na2OS. The monoisotopic (exact) mass is 146 g/mol. The first-order chi connectivity index (χ1) is 2.77. The van der Waals surface area contributed by atoms with Crippen molar-refractivity contribution < 1.29 is 64.2 Å². The van der Waals surface area contributed by atoms with Crippen molar-refractivity contribution >= 4 is 17.9 Å². The van der Waals surface area contributed by atoms with Gasteiger partial charge in [-0.15, -0.1) is 0 Å². The van der Waals surface area contributed by atoms with Gasteiger partial charge >= 0.3 is 59.1 Å². The summed E-state index contributed by atoms with van der Waals surface area (Å²) in [7, 11) is 0. The predicted octanol–water partition coefficient (Wildman–Crippen LogP) is -7.26. The van der Waals surface area contributed by atoms with Gasteiger partial charge in [-0.2, -0.15) is 10.5 Å². The maximum Gasteiger partial charge on any atom is 1.00 e. The van der Waals surface area contributed by atoms with Crippen molar-refractivity contribution in [2.24, 2.45) is 4.99 Å². The molecule has 0 aliphatic rings. The van der Waals surface area contributed by atoms with Crippen molar-refractivity contribution in [3.05, 3.63) is 0 Å². The molecule has 0 atom stereocenters. The zero-order valence-electron chi connectivity index (χ0n) is 4.71. The Hall–Kier alpha value is 1.18. The molecule has 6 heteroatoms. The molecule has 0 saturated heterocycles. The van der Waals surface area contributed by atoms with Gasteiger partial charge in [-0.1, -0.05) is 0 Å². The summed E-state index contributed by atoms with van der Waals surface area (Å²) in [4.78, 5) is 2.61. The third kappa shape index (κ3) is 15.7. The molecular weight excluding hydrogens is 146 g/mol. The van der Waals surface area contributed by atoms with Crippen molar-refractivity contribution in [2.75, 3.05) is 0 Å². The molecule has 0 unspecified atom stereocenters. The third-order valence-electron chi connectivity index (χ3n) is 0.141. The van der Waals surface area contributed by atoms with Crippen LogP contribution in [0.1, 0.15) is 0 Å². The number of nitriles is 1. The van der Waals surface area contributed by atoms with Crippen LogP contribution in [-0.4, -0.2) is 5.23 Å². The second-order valence-corrected chi connectivity index (χ2v) is 0.827. The van der Waals surface area contributed by atoms with E-state index in [1.54, 1.807) is 0 Å². The first-order valence-corrected chi connectivity index (χ1v) is 1.49. The maximum absolute atomic E-state index is 9.47. The predicted molar refractivity (Wildman–Crippen MR) is 20.4 cm³/mol. The summed E-state index contributed by atoms with van der Waals surface area (Å²) >= 11 is 3.85. The minimum atomic E-state index is -0.863. The average Bonchev–Trinajstić information content (AvgIpc) is 1.35. The van der Waals surface area contributed by atoms with E-state index in [2.05, 4.69) is 17.6 Å². The topological polar surface area (TPSA) is 59.2 Å². The van der Waals surface area contributed by atoms with Crippen molar-refractivity contribution in [2.45, 2.75) is 0 Å². The first-order valence-electron chi connectivity index (χ1n) is 1.08. The van der Waals surface area contributed by atoms with Crippen LogP contribution < -0.4 is 64.2 Å². The zero-order valence-corrected chi connectivity index (χ0v) is 9.53. The van der Waals surface area contributed by atoms with Crippen LogP contribution in [0.4, 0.5) is 0 Å². The molecule has 0 fully saturated rings. The van der Waals surface area contributed by atoms with Crippen LogP contribution in [0, 0.1) is 11.5 Å². The molecule has 0 radical (unpaired) electrons. The zero-order chi connectivity index (χ0) is 4.99. The van der Waals surface area contributed by atoms with E-state index in [1.165, 1.54) is 6.19 Å². The molecule has 3 nitrogen and oxygen atoms in total. The third-order valence-corrected chi connectivity index (χ3v) is 0.233. The fourth-order valence-electron chi connectivity index (χ4n) is 0.0408. The fraction of sp³-hybridized carbons (Fsp3) is 0. The molecule has 0 N–H and O–H groups in total. The Morgan fingerprint density at radius 3 is 2.00 bits per heavy atom. The van der Waals surface area contributed by atoms with Crippen LogP contribution in [0.25, 0.3) is 0 Å². The quantitative estimate of drug-likeness (QED) is 0.112. The van der Waals surface area contributed by atoms with Gasteiger partial charge in [0, 0.05) is 0 Å². The molecule has 0 spiro atoms. The Bertz CT molecular complexity index is 105. The Balaban J connectivity index is -0.000000125. The van der Waals surface area contributed by atoms with Crippen molar-refractivity contribution in [1.29, 1.82) is 5.26 Å². The number of hydrogen-bond acceptors (Lipinski definition) is 4. The number of rotatable bonds is 0. The number of nitrogens with zero attached hydrogens (tertiary/aromatic N) is 2. The van der Waals surface area contributed by atoms with Crippen molar-refractivity contribution in [3.8, 4) is 6.19 Å². The van der Waals surface area contributed by atoms with Crippen LogP contribution >= 0.6 is 0 Å². The Kier molecular flexibility index (Phi) is 22.2. The molecule has 0 aliphatic carbocycles. The van der Waals surface area contributed by atoms with Crippen LogP contribution in [0.3, 0.4) is 0 Å². The van der Waals surface area contributed by atoms with E-state index in [1.807, 2.05) is 0 Å². The van der Waals surface area contributed by atoms with E-state index < -0.39 is 5.23 Å². The summed E-state index contributed by atoms with van der Waals surface area (Å²) < 4.78 is 0. The van der Waals surface area contributed by atoms with Gasteiger partial charge < -0.3 is 17.7 Å². The molecule has 0 aromatic heterocycles. The Morgan fingerprint density at radius 1 is 1.62 bits per heavy atom. The molecule has 0 amide bonds. The van der Waals surface area contributed by atoms with E-state index in [-0.39, 0.29) is 59.1 Å². The molecule has 0 rings (SSSR count). The standard InChI is InChI=1S/C2H2N2OS.2Na/c3-1-4-2(5)6;;/h(H2,4,5,6);;/q;2*+1/p-2. The van der Waals surface area contributed by atoms with Crippen molar-refractivity contribution in [3.63, 3.8) is 0 Å². The van der Waals surface area contributed by atoms with E-state index in [4.69, 9.17) is 5.26 Å². The summed E-state index contributed by atoms with van der Waals surface area (Å²) in [6, 6.07) is 0. The molecule has 0 aliphatic heterocycles. The summed E-state index contributed by atoms with van der Waals surface area (Å²) in [6.07, 6.45) is 1.24. The van der Waals surface area contributed by atoms with Gasteiger partial charge in [0.2, 0.25) is 6.19 Å². The van der Waals surface area contributed by atoms with E-state index in [0.717, 1.165) is 0 Å². The molecule has 0 aromatic carbocycles. The normalized spacial score (nSPS) is 7.62. The van der Waals surface area contributed by atoms with E-state index >= 15 is 0 Å². The average molecular weight is 146 g/mol. The molecule has 32 valence electrons. The van der Waals surface area contributed by atoms with E-state index in [9.17, 15) is 5.11 Å². The van der Waals surface area contributed by atoms with Gasteiger partial charge in [0.1, 0.15) is 0 Å². The first kappa shape index (κ1) is 16.1. The van der Waals surface area contributed by atoms with Gasteiger partial charge in [-0.05, 0) is 0 Å². The van der Waals surface area contributed by atoms with Crippen LogP contribution in [0.2, 0.25) is 0 Å². The van der Waals surface area contributed by atoms with Crippen molar-refractivity contribution in [1.82, 2.24) is 0 Å². The largest absolute Gasteiger partial charge is 1.00 e. The maximum atomic E-state index is 9.47.